The van der Waals surface area contributed by atoms with Gasteiger partial charge in [0, 0.05) is 6.61 Å². The molecule has 4 rings (SSSR count). The van der Waals surface area contributed by atoms with Crippen LogP contribution in [0.1, 0.15) is 30.1 Å². The zero-order valence-corrected chi connectivity index (χ0v) is 13.4. The fourth-order valence-corrected chi connectivity index (χ4v) is 3.10. The lowest BCUT2D eigenvalue weighted by Crippen LogP contribution is -2.34. The van der Waals surface area contributed by atoms with Crippen LogP contribution in [0.2, 0.25) is 0 Å². The highest BCUT2D eigenvalue weighted by Gasteiger charge is 2.28. The Morgan fingerprint density at radius 2 is 2.12 bits per heavy atom. The van der Waals surface area contributed by atoms with Gasteiger partial charge in [-0.15, -0.1) is 0 Å². The van der Waals surface area contributed by atoms with Crippen molar-refractivity contribution in [3.05, 3.63) is 51.9 Å². The fraction of sp³-hybridized carbons (Fsp3) is 0.353. The molecule has 0 radical (unpaired) electrons. The molecule has 2 aromatic heterocycles. The van der Waals surface area contributed by atoms with Crippen molar-refractivity contribution in [1.29, 1.82) is 0 Å². The summed E-state index contributed by atoms with van der Waals surface area (Å²) >= 11 is 0. The second kappa shape index (κ2) is 6.09. The minimum absolute atomic E-state index is 0.0463. The summed E-state index contributed by atoms with van der Waals surface area (Å²) in [4.78, 5) is 19.2. The van der Waals surface area contributed by atoms with Gasteiger partial charge in [0.05, 0.1) is 12.2 Å². The molecule has 7 nitrogen and oxygen atoms in total. The number of nitrogens with one attached hydrogen (secondary N) is 3. The van der Waals surface area contributed by atoms with E-state index >= 15 is 0 Å². The molecular weight excluding hydrogens is 306 g/mol. The monoisotopic (exact) mass is 325 g/mol. The Hall–Kier alpha value is -2.67. The molecule has 124 valence electrons. The summed E-state index contributed by atoms with van der Waals surface area (Å²) in [6, 6.07) is 8.40. The smallest absolute Gasteiger partial charge is 0.263 e. The number of hydrogen-bond donors (Lipinski definition) is 3. The van der Waals surface area contributed by atoms with Gasteiger partial charge in [0.1, 0.15) is 11.5 Å². The zero-order valence-electron chi connectivity index (χ0n) is 13.4. The number of aryl methyl sites for hydroxylation is 1. The third-order valence-corrected chi connectivity index (χ3v) is 4.37. The molecule has 1 aliphatic rings. The van der Waals surface area contributed by atoms with Crippen LogP contribution in [0, 0.1) is 6.92 Å². The summed E-state index contributed by atoms with van der Waals surface area (Å²) < 4.78 is 5.99. The lowest BCUT2D eigenvalue weighted by Gasteiger charge is -2.32. The van der Waals surface area contributed by atoms with Gasteiger partial charge in [-0.3, -0.25) is 14.9 Å². The topological polar surface area (TPSA) is 95.7 Å². The molecular formula is C17H19N5O2. The Kier molecular flexibility index (Phi) is 3.78. The van der Waals surface area contributed by atoms with Crippen LogP contribution in [0.4, 0.5) is 5.95 Å². The number of aromatic nitrogens is 4. The van der Waals surface area contributed by atoms with E-state index in [4.69, 9.17) is 4.74 Å². The Balaban J connectivity index is 1.62. The standard InChI is InChI=1S/C17H19N5O2/c1-10-4-6-11(7-5-10)14-13(3-2-8-24-14)19-17-20-15-12(9-18-22-15)16(23)21-17/h4-7,9,13-14H,2-3,8H2,1H3,(H3,18,19,20,21,22,23). The van der Waals surface area contributed by atoms with E-state index in [0.29, 0.717) is 17.0 Å². The van der Waals surface area contributed by atoms with Crippen LogP contribution in [0.25, 0.3) is 11.0 Å². The number of hydrogen-bond acceptors (Lipinski definition) is 5. The number of nitrogens with zero attached hydrogens (tertiary/aromatic N) is 2. The van der Waals surface area contributed by atoms with Crippen LogP contribution in [0.3, 0.4) is 0 Å². The molecule has 7 heteroatoms. The summed E-state index contributed by atoms with van der Waals surface area (Å²) in [5.74, 6) is 0.435. The second-order valence-corrected chi connectivity index (χ2v) is 6.14. The average molecular weight is 325 g/mol. The largest absolute Gasteiger partial charge is 0.371 e. The van der Waals surface area contributed by atoms with Gasteiger partial charge < -0.3 is 10.1 Å². The van der Waals surface area contributed by atoms with E-state index in [1.54, 1.807) is 0 Å². The van der Waals surface area contributed by atoms with Crippen LogP contribution < -0.4 is 10.9 Å². The first kappa shape index (κ1) is 14.9. The molecule has 24 heavy (non-hydrogen) atoms. The van der Waals surface area contributed by atoms with Gasteiger partial charge in [0.2, 0.25) is 5.95 Å². The summed E-state index contributed by atoms with van der Waals surface area (Å²) in [6.07, 6.45) is 3.32. The summed E-state index contributed by atoms with van der Waals surface area (Å²) in [5.41, 5.74) is 2.61. The lowest BCUT2D eigenvalue weighted by molar-refractivity contribution is 0.00545. The predicted octanol–water partition coefficient (Wildman–Crippen LogP) is 2.29. The highest BCUT2D eigenvalue weighted by Crippen LogP contribution is 2.30. The number of ether oxygens (including phenoxy) is 1. The van der Waals surface area contributed by atoms with E-state index in [1.165, 1.54) is 11.8 Å². The van der Waals surface area contributed by atoms with Crippen molar-refractivity contribution >= 4 is 17.0 Å². The van der Waals surface area contributed by atoms with Gasteiger partial charge in [-0.05, 0) is 25.3 Å². The molecule has 0 amide bonds. The van der Waals surface area contributed by atoms with Gasteiger partial charge >= 0.3 is 0 Å². The molecule has 3 aromatic rings. The summed E-state index contributed by atoms with van der Waals surface area (Å²) in [7, 11) is 0. The highest BCUT2D eigenvalue weighted by atomic mass is 16.5. The summed E-state index contributed by atoms with van der Waals surface area (Å²) in [5, 5.41) is 10.4. The van der Waals surface area contributed by atoms with E-state index in [-0.39, 0.29) is 17.7 Å². The van der Waals surface area contributed by atoms with E-state index < -0.39 is 0 Å². The van der Waals surface area contributed by atoms with Crippen molar-refractivity contribution < 1.29 is 4.74 Å². The molecule has 2 atom stereocenters. The van der Waals surface area contributed by atoms with Gasteiger partial charge in [0.15, 0.2) is 5.65 Å². The van der Waals surface area contributed by atoms with Crippen LogP contribution in [-0.2, 0) is 4.74 Å². The van der Waals surface area contributed by atoms with E-state index in [2.05, 4.69) is 56.7 Å². The molecule has 2 unspecified atom stereocenters. The Morgan fingerprint density at radius 3 is 2.96 bits per heavy atom. The van der Waals surface area contributed by atoms with Crippen LogP contribution in [0.5, 0.6) is 0 Å². The maximum Gasteiger partial charge on any atom is 0.263 e. The number of aromatic amines is 2. The van der Waals surface area contributed by atoms with Crippen LogP contribution >= 0.6 is 0 Å². The van der Waals surface area contributed by atoms with E-state index in [9.17, 15) is 4.79 Å². The maximum atomic E-state index is 12.1. The Morgan fingerprint density at radius 1 is 1.29 bits per heavy atom. The number of fused-ring (bicyclic) bond motifs is 1. The molecule has 1 saturated heterocycles. The normalized spacial score (nSPS) is 21.0. The van der Waals surface area contributed by atoms with Crippen molar-refractivity contribution in [2.45, 2.75) is 31.9 Å². The predicted molar refractivity (Wildman–Crippen MR) is 91.0 cm³/mol. The first-order valence-corrected chi connectivity index (χ1v) is 8.09. The molecule has 3 heterocycles. The molecule has 0 aliphatic carbocycles. The molecule has 1 fully saturated rings. The van der Waals surface area contributed by atoms with Gasteiger partial charge in [-0.1, -0.05) is 29.8 Å². The minimum Gasteiger partial charge on any atom is -0.371 e. The maximum absolute atomic E-state index is 12.1. The van der Waals surface area contributed by atoms with Crippen LogP contribution in [-0.4, -0.2) is 32.8 Å². The van der Waals surface area contributed by atoms with Gasteiger partial charge in [-0.2, -0.15) is 10.1 Å². The molecule has 0 bridgehead atoms. The first-order valence-electron chi connectivity index (χ1n) is 8.09. The minimum atomic E-state index is -0.208. The number of anilines is 1. The first-order chi connectivity index (χ1) is 11.7. The number of H-pyrrole nitrogens is 2. The Labute approximate surface area is 138 Å². The van der Waals surface area contributed by atoms with E-state index in [0.717, 1.165) is 25.0 Å². The van der Waals surface area contributed by atoms with Crippen LogP contribution in [0.15, 0.2) is 35.3 Å². The third kappa shape index (κ3) is 2.78. The molecule has 0 spiro atoms. The SMILES string of the molecule is Cc1ccc(C2OCCCC2Nc2nc3[nH]ncc3c(=O)[nH]2)cc1. The Bertz CT molecular complexity index is 899. The quantitative estimate of drug-likeness (QED) is 0.686. The summed E-state index contributed by atoms with van der Waals surface area (Å²) in [6.45, 7) is 2.80. The number of rotatable bonds is 3. The van der Waals surface area contributed by atoms with Crippen molar-refractivity contribution in [3.8, 4) is 0 Å². The average Bonchev–Trinajstić information content (AvgIpc) is 3.05. The van der Waals surface area contributed by atoms with Crippen molar-refractivity contribution in [3.63, 3.8) is 0 Å². The lowest BCUT2D eigenvalue weighted by atomic mass is 9.95. The zero-order chi connectivity index (χ0) is 16.5. The molecule has 3 N–H and O–H groups in total. The third-order valence-electron chi connectivity index (χ3n) is 4.37. The molecule has 0 saturated carbocycles. The number of benzene rings is 1. The van der Waals surface area contributed by atoms with Crippen molar-refractivity contribution in [2.24, 2.45) is 0 Å². The molecule has 1 aromatic carbocycles. The van der Waals surface area contributed by atoms with Crippen molar-refractivity contribution in [2.75, 3.05) is 11.9 Å². The van der Waals surface area contributed by atoms with Gasteiger partial charge in [-0.25, -0.2) is 0 Å². The van der Waals surface area contributed by atoms with E-state index in [1.807, 2.05) is 0 Å². The van der Waals surface area contributed by atoms with Gasteiger partial charge in [0.25, 0.3) is 5.56 Å². The highest BCUT2D eigenvalue weighted by molar-refractivity contribution is 5.73. The molecule has 1 aliphatic heterocycles. The van der Waals surface area contributed by atoms with Crippen molar-refractivity contribution in [1.82, 2.24) is 20.2 Å². The fourth-order valence-electron chi connectivity index (χ4n) is 3.10. The second-order valence-electron chi connectivity index (χ2n) is 6.14.